The third-order valence-corrected chi connectivity index (χ3v) is 6.84. The molecule has 2 saturated heterocycles. The number of rotatable bonds is 8. The fraction of sp³-hybridized carbons (Fsp3) is 0.696. The maximum atomic E-state index is 12.0. The first-order valence-electron chi connectivity index (χ1n) is 11.3. The number of nitrogens with one attached hydrogen (secondary N) is 2. The van der Waals surface area contributed by atoms with Crippen LogP contribution in [0.25, 0.3) is 0 Å². The van der Waals surface area contributed by atoms with Crippen molar-refractivity contribution < 1.29 is 4.79 Å². The van der Waals surface area contributed by atoms with Crippen molar-refractivity contribution in [3.05, 3.63) is 29.8 Å². The maximum absolute atomic E-state index is 12.0. The molecule has 0 aromatic heterocycles. The minimum absolute atomic E-state index is 0.0673. The van der Waals surface area contributed by atoms with E-state index in [9.17, 15) is 4.79 Å². The fourth-order valence-corrected chi connectivity index (χ4v) is 5.43. The Morgan fingerprint density at radius 3 is 2.41 bits per heavy atom. The summed E-state index contributed by atoms with van der Waals surface area (Å²) in [7, 11) is 0. The Morgan fingerprint density at radius 1 is 1.03 bits per heavy atom. The van der Waals surface area contributed by atoms with Gasteiger partial charge in [-0.15, -0.1) is 0 Å². The predicted molar refractivity (Wildman–Crippen MR) is 125 cm³/mol. The van der Waals surface area contributed by atoms with Crippen molar-refractivity contribution in [1.29, 1.82) is 0 Å². The van der Waals surface area contributed by atoms with E-state index in [0.29, 0.717) is 6.54 Å². The lowest BCUT2D eigenvalue weighted by molar-refractivity contribution is 0.139. The molecule has 2 aliphatic rings. The fourth-order valence-electron chi connectivity index (χ4n) is 4.53. The van der Waals surface area contributed by atoms with Gasteiger partial charge in [0.15, 0.2) is 0 Å². The topological polar surface area (TPSA) is 47.6 Å². The van der Waals surface area contributed by atoms with Gasteiger partial charge in [0, 0.05) is 56.5 Å². The highest BCUT2D eigenvalue weighted by molar-refractivity contribution is 7.99. The third kappa shape index (κ3) is 7.74. The maximum Gasteiger partial charge on any atom is 0.315 e. The van der Waals surface area contributed by atoms with Crippen molar-refractivity contribution in [3.8, 4) is 0 Å². The lowest BCUT2D eigenvalue weighted by Gasteiger charge is -2.34. The predicted octanol–water partition coefficient (Wildman–Crippen LogP) is 3.80. The van der Waals surface area contributed by atoms with Crippen molar-refractivity contribution in [2.75, 3.05) is 55.7 Å². The number of carbonyl (C=O) groups is 1. The van der Waals surface area contributed by atoms with Crippen molar-refractivity contribution in [1.82, 2.24) is 15.5 Å². The molecule has 1 aromatic rings. The van der Waals surface area contributed by atoms with Crippen LogP contribution in [0, 0.1) is 11.8 Å². The molecule has 1 aromatic carbocycles. The Bertz CT molecular complexity index is 608. The summed E-state index contributed by atoms with van der Waals surface area (Å²) < 4.78 is 0. The summed E-state index contributed by atoms with van der Waals surface area (Å²) in [4.78, 5) is 17.1. The number of benzene rings is 1. The smallest absolute Gasteiger partial charge is 0.315 e. The monoisotopic (exact) mass is 418 g/mol. The molecule has 0 aliphatic carbocycles. The molecule has 0 spiro atoms. The van der Waals surface area contributed by atoms with E-state index < -0.39 is 0 Å². The molecule has 0 bridgehead atoms. The molecule has 5 nitrogen and oxygen atoms in total. The van der Waals surface area contributed by atoms with Gasteiger partial charge in [0.25, 0.3) is 0 Å². The van der Waals surface area contributed by atoms with E-state index >= 15 is 0 Å². The van der Waals surface area contributed by atoms with Crippen LogP contribution < -0.4 is 15.5 Å². The molecular weight excluding hydrogens is 380 g/mol. The SMILES string of the molecule is CC1CC(C)CN(CCCCNC(=O)NCc2ccc(N3CCSCC3)cc2)C1. The Balaban J connectivity index is 1.26. The zero-order valence-corrected chi connectivity index (χ0v) is 19.0. The highest BCUT2D eigenvalue weighted by Gasteiger charge is 2.20. The number of unbranched alkanes of at least 4 members (excludes halogenated alkanes) is 1. The lowest BCUT2D eigenvalue weighted by atomic mass is 9.92. The molecule has 2 N–H and O–H groups in total. The average Bonchev–Trinajstić information content (AvgIpc) is 2.72. The molecule has 2 aliphatic heterocycles. The molecule has 29 heavy (non-hydrogen) atoms. The van der Waals surface area contributed by atoms with Crippen molar-refractivity contribution >= 4 is 23.5 Å². The Hall–Kier alpha value is -1.40. The van der Waals surface area contributed by atoms with Crippen LogP contribution in [0.5, 0.6) is 0 Å². The van der Waals surface area contributed by atoms with Crippen LogP contribution in [0.4, 0.5) is 10.5 Å². The number of likely N-dealkylation sites (tertiary alicyclic amines) is 1. The first-order valence-corrected chi connectivity index (χ1v) is 12.4. The second kappa shape index (κ2) is 11.7. The summed E-state index contributed by atoms with van der Waals surface area (Å²) in [5.74, 6) is 4.05. The van der Waals surface area contributed by atoms with Crippen LogP contribution in [-0.2, 0) is 6.54 Å². The van der Waals surface area contributed by atoms with E-state index in [1.54, 1.807) is 0 Å². The molecular formula is C23H38N4OS. The summed E-state index contributed by atoms with van der Waals surface area (Å²) in [6.45, 7) is 11.9. The summed E-state index contributed by atoms with van der Waals surface area (Å²) in [5.41, 5.74) is 2.43. The minimum atomic E-state index is -0.0673. The first kappa shape index (κ1) is 22.3. The molecule has 162 valence electrons. The van der Waals surface area contributed by atoms with E-state index in [0.717, 1.165) is 56.4 Å². The number of hydrogen-bond donors (Lipinski definition) is 2. The van der Waals surface area contributed by atoms with Crippen LogP contribution in [0.15, 0.2) is 24.3 Å². The Kier molecular flexibility index (Phi) is 8.99. The van der Waals surface area contributed by atoms with Crippen molar-refractivity contribution in [3.63, 3.8) is 0 Å². The van der Waals surface area contributed by atoms with Crippen LogP contribution in [0.2, 0.25) is 0 Å². The number of nitrogens with zero attached hydrogens (tertiary/aromatic N) is 2. The van der Waals surface area contributed by atoms with Crippen LogP contribution in [-0.4, -0.2) is 61.7 Å². The molecule has 6 heteroatoms. The number of carbonyl (C=O) groups excluding carboxylic acids is 1. The van der Waals surface area contributed by atoms with Crippen LogP contribution in [0.1, 0.15) is 38.7 Å². The van der Waals surface area contributed by atoms with Gasteiger partial charge in [-0.3, -0.25) is 0 Å². The number of amides is 2. The number of hydrogen-bond acceptors (Lipinski definition) is 4. The summed E-state index contributed by atoms with van der Waals surface area (Å²) in [5, 5.41) is 5.96. The van der Waals surface area contributed by atoms with E-state index in [1.807, 2.05) is 11.8 Å². The third-order valence-electron chi connectivity index (χ3n) is 5.90. The molecule has 3 rings (SSSR count). The summed E-state index contributed by atoms with van der Waals surface area (Å²) in [6.07, 6.45) is 3.55. The second-order valence-electron chi connectivity index (χ2n) is 8.79. The lowest BCUT2D eigenvalue weighted by Crippen LogP contribution is -2.39. The number of thioether (sulfide) groups is 1. The van der Waals surface area contributed by atoms with Gasteiger partial charge in [0.1, 0.15) is 0 Å². The number of anilines is 1. The van der Waals surface area contributed by atoms with Gasteiger partial charge in [-0.2, -0.15) is 11.8 Å². The van der Waals surface area contributed by atoms with Crippen LogP contribution in [0.3, 0.4) is 0 Å². The van der Waals surface area contributed by atoms with E-state index in [-0.39, 0.29) is 6.03 Å². The quantitative estimate of drug-likeness (QED) is 0.631. The largest absolute Gasteiger partial charge is 0.370 e. The van der Waals surface area contributed by atoms with E-state index in [2.05, 4.69) is 58.5 Å². The second-order valence-corrected chi connectivity index (χ2v) is 10.0. The summed E-state index contributed by atoms with van der Waals surface area (Å²) in [6, 6.07) is 8.53. The average molecular weight is 419 g/mol. The number of piperidine rings is 1. The van der Waals surface area contributed by atoms with Gasteiger partial charge < -0.3 is 20.4 Å². The first-order chi connectivity index (χ1) is 14.1. The van der Waals surface area contributed by atoms with Crippen molar-refractivity contribution in [2.45, 2.75) is 39.7 Å². The van der Waals surface area contributed by atoms with E-state index in [1.165, 1.54) is 36.7 Å². The zero-order valence-electron chi connectivity index (χ0n) is 18.2. The highest BCUT2D eigenvalue weighted by Crippen LogP contribution is 2.21. The van der Waals surface area contributed by atoms with Crippen LogP contribution >= 0.6 is 11.8 Å². The Labute approximate surface area is 181 Å². The molecule has 0 radical (unpaired) electrons. The molecule has 2 heterocycles. The minimum Gasteiger partial charge on any atom is -0.370 e. The van der Waals surface area contributed by atoms with Gasteiger partial charge in [-0.25, -0.2) is 4.79 Å². The number of urea groups is 1. The zero-order chi connectivity index (χ0) is 20.5. The van der Waals surface area contributed by atoms with Gasteiger partial charge in [-0.05, 0) is 55.3 Å². The van der Waals surface area contributed by atoms with Crippen molar-refractivity contribution in [2.24, 2.45) is 11.8 Å². The molecule has 2 fully saturated rings. The van der Waals surface area contributed by atoms with Gasteiger partial charge in [0.2, 0.25) is 0 Å². The molecule has 2 amide bonds. The standard InChI is InChI=1S/C23H38N4OS/c1-19-15-20(2)18-26(17-19)10-4-3-9-24-23(28)25-16-21-5-7-22(8-6-21)27-11-13-29-14-12-27/h5-8,19-20H,3-4,9-18H2,1-2H3,(H2,24,25,28). The molecule has 2 atom stereocenters. The van der Waals surface area contributed by atoms with Gasteiger partial charge >= 0.3 is 6.03 Å². The van der Waals surface area contributed by atoms with E-state index in [4.69, 9.17) is 0 Å². The summed E-state index contributed by atoms with van der Waals surface area (Å²) >= 11 is 2.03. The van der Waals surface area contributed by atoms with Gasteiger partial charge in [-0.1, -0.05) is 26.0 Å². The molecule has 0 saturated carbocycles. The normalized spacial score (nSPS) is 23.0. The Morgan fingerprint density at radius 2 is 1.72 bits per heavy atom. The molecule has 2 unspecified atom stereocenters. The highest BCUT2D eigenvalue weighted by atomic mass is 32.2. The van der Waals surface area contributed by atoms with Gasteiger partial charge in [0.05, 0.1) is 0 Å².